The molecule has 3 aromatic rings. The maximum absolute atomic E-state index is 13.1. The molecule has 2 aliphatic rings. The van der Waals surface area contributed by atoms with Crippen LogP contribution in [0.15, 0.2) is 46.9 Å². The van der Waals surface area contributed by atoms with E-state index in [4.69, 9.17) is 21.1 Å². The molecule has 1 saturated carbocycles. The molecular weight excluding hydrogens is 536 g/mol. The van der Waals surface area contributed by atoms with E-state index in [1.807, 2.05) is 18.2 Å². The number of esters is 2. The van der Waals surface area contributed by atoms with Crippen molar-refractivity contribution in [3.63, 3.8) is 0 Å². The highest BCUT2D eigenvalue weighted by Crippen LogP contribution is 2.42. The summed E-state index contributed by atoms with van der Waals surface area (Å²) in [4.78, 5) is 43.3. The molecule has 5 rings (SSSR count). The van der Waals surface area contributed by atoms with Crippen molar-refractivity contribution >= 4 is 56.3 Å². The standard InChI is InChI=1S/C26H24BrClN2O5/c1-34-26(33)21-11-19-18-10-17(27)8-9-20(18)29-23(19)24(30(21)22(31)12-28)15-4-6-16(7-5-15)25(32)35-13-14-2-3-14/h4-10,14,21,24,29H,2-3,11-13H2,1H3/t21-,24+/m1/s1. The summed E-state index contributed by atoms with van der Waals surface area (Å²) in [5.74, 6) is -1.07. The van der Waals surface area contributed by atoms with E-state index in [0.29, 0.717) is 24.5 Å². The Hall–Kier alpha value is -2.84. The molecule has 1 aromatic heterocycles. The van der Waals surface area contributed by atoms with E-state index in [0.717, 1.165) is 45.0 Å². The molecule has 9 heteroatoms. The van der Waals surface area contributed by atoms with Gasteiger partial charge in [0.05, 0.1) is 25.3 Å². The van der Waals surface area contributed by atoms with E-state index < -0.39 is 18.1 Å². The fourth-order valence-corrected chi connectivity index (χ4v) is 5.21. The number of hydrogen-bond donors (Lipinski definition) is 1. The first-order chi connectivity index (χ1) is 16.9. The van der Waals surface area contributed by atoms with Crippen molar-refractivity contribution in [3.05, 3.63) is 69.3 Å². The molecule has 0 spiro atoms. The van der Waals surface area contributed by atoms with E-state index in [-0.39, 0.29) is 17.8 Å². The molecule has 1 fully saturated rings. The zero-order chi connectivity index (χ0) is 24.7. The summed E-state index contributed by atoms with van der Waals surface area (Å²) in [5, 5.41) is 0.964. The van der Waals surface area contributed by atoms with Gasteiger partial charge in [-0.15, -0.1) is 11.6 Å². The molecule has 1 amide bonds. The van der Waals surface area contributed by atoms with Crippen LogP contribution in [-0.2, 0) is 25.5 Å². The number of benzene rings is 2. The Morgan fingerprint density at radius 1 is 1.14 bits per heavy atom. The van der Waals surface area contributed by atoms with E-state index in [1.54, 1.807) is 24.3 Å². The number of hydrogen-bond acceptors (Lipinski definition) is 5. The minimum absolute atomic E-state index is 0.281. The lowest BCUT2D eigenvalue weighted by Gasteiger charge is -2.40. The minimum atomic E-state index is -0.843. The van der Waals surface area contributed by atoms with Gasteiger partial charge in [-0.3, -0.25) is 4.79 Å². The van der Waals surface area contributed by atoms with Gasteiger partial charge in [-0.2, -0.15) is 0 Å². The minimum Gasteiger partial charge on any atom is -0.467 e. The zero-order valence-electron chi connectivity index (χ0n) is 19.1. The number of halogens is 2. The molecule has 0 saturated heterocycles. The molecular formula is C26H24BrClN2O5. The van der Waals surface area contributed by atoms with Gasteiger partial charge in [0, 0.05) is 27.5 Å². The first-order valence-corrected chi connectivity index (χ1v) is 12.8. The second-order valence-electron chi connectivity index (χ2n) is 8.95. The number of nitrogens with one attached hydrogen (secondary N) is 1. The van der Waals surface area contributed by atoms with Crippen LogP contribution in [0.5, 0.6) is 0 Å². The van der Waals surface area contributed by atoms with Crippen molar-refractivity contribution in [1.82, 2.24) is 9.88 Å². The normalized spacial score (nSPS) is 19.3. The first kappa shape index (κ1) is 23.9. The van der Waals surface area contributed by atoms with Crippen molar-refractivity contribution < 1.29 is 23.9 Å². The van der Waals surface area contributed by atoms with Crippen molar-refractivity contribution in [1.29, 1.82) is 0 Å². The average molecular weight is 560 g/mol. The van der Waals surface area contributed by atoms with Gasteiger partial charge in [0.15, 0.2) is 0 Å². The number of methoxy groups -OCH3 is 1. The summed E-state index contributed by atoms with van der Waals surface area (Å²) >= 11 is 9.51. The van der Waals surface area contributed by atoms with Gasteiger partial charge < -0.3 is 19.4 Å². The molecule has 1 aliphatic heterocycles. The van der Waals surface area contributed by atoms with Crippen LogP contribution in [0.1, 0.15) is 46.1 Å². The second-order valence-corrected chi connectivity index (χ2v) is 10.1. The Morgan fingerprint density at radius 2 is 1.89 bits per heavy atom. The number of nitrogens with zero attached hydrogens (tertiary/aromatic N) is 1. The Morgan fingerprint density at radius 3 is 2.54 bits per heavy atom. The number of alkyl halides is 1. The number of carbonyl (C=O) groups excluding carboxylic acids is 3. The Labute approximate surface area is 215 Å². The summed E-state index contributed by atoms with van der Waals surface area (Å²) in [6, 6.07) is 11.4. The van der Waals surface area contributed by atoms with E-state index in [9.17, 15) is 14.4 Å². The number of aromatic nitrogens is 1. The summed E-state index contributed by atoms with van der Waals surface area (Å²) in [5.41, 5.74) is 3.81. The van der Waals surface area contributed by atoms with Crippen molar-refractivity contribution in [2.45, 2.75) is 31.3 Å². The molecule has 2 aromatic carbocycles. The van der Waals surface area contributed by atoms with Gasteiger partial charge in [0.2, 0.25) is 5.91 Å². The zero-order valence-corrected chi connectivity index (χ0v) is 21.4. The van der Waals surface area contributed by atoms with Crippen LogP contribution >= 0.6 is 27.5 Å². The number of amides is 1. The highest BCUT2D eigenvalue weighted by Gasteiger charge is 2.43. The predicted octanol–water partition coefficient (Wildman–Crippen LogP) is 4.75. The largest absolute Gasteiger partial charge is 0.467 e. The Kier molecular flexibility index (Phi) is 6.59. The first-order valence-electron chi connectivity index (χ1n) is 11.4. The van der Waals surface area contributed by atoms with Gasteiger partial charge in [-0.1, -0.05) is 28.1 Å². The molecule has 0 radical (unpaired) electrons. The SMILES string of the molecule is COC(=O)[C@H]1Cc2c([nH]c3ccc(Br)cc23)[C@H](c2ccc(C(=O)OCC3CC3)cc2)N1C(=O)CCl. The third-order valence-electron chi connectivity index (χ3n) is 6.67. The van der Waals surface area contributed by atoms with Crippen molar-refractivity contribution in [3.8, 4) is 0 Å². The predicted molar refractivity (Wildman–Crippen MR) is 134 cm³/mol. The van der Waals surface area contributed by atoms with Gasteiger partial charge in [0.25, 0.3) is 0 Å². The molecule has 0 unspecified atom stereocenters. The smallest absolute Gasteiger partial charge is 0.338 e. The maximum atomic E-state index is 13.1. The van der Waals surface area contributed by atoms with Gasteiger partial charge in [0.1, 0.15) is 11.9 Å². The Bertz CT molecular complexity index is 1300. The lowest BCUT2D eigenvalue weighted by atomic mass is 9.87. The third kappa shape index (κ3) is 4.57. The molecule has 182 valence electrons. The number of ether oxygens (including phenoxy) is 2. The van der Waals surface area contributed by atoms with Crippen LogP contribution in [0.2, 0.25) is 0 Å². The maximum Gasteiger partial charge on any atom is 0.338 e. The summed E-state index contributed by atoms with van der Waals surface area (Å²) < 4.78 is 11.4. The average Bonchev–Trinajstić information content (AvgIpc) is 3.65. The number of rotatable bonds is 6. The summed E-state index contributed by atoms with van der Waals surface area (Å²) in [7, 11) is 1.31. The summed E-state index contributed by atoms with van der Waals surface area (Å²) in [6.07, 6.45) is 2.50. The molecule has 35 heavy (non-hydrogen) atoms. The lowest BCUT2D eigenvalue weighted by Crippen LogP contribution is -2.52. The molecule has 7 nitrogen and oxygen atoms in total. The molecule has 1 aliphatic carbocycles. The van der Waals surface area contributed by atoms with Crippen LogP contribution in [0.3, 0.4) is 0 Å². The number of carbonyl (C=O) groups is 3. The van der Waals surface area contributed by atoms with Crippen LogP contribution in [0.25, 0.3) is 10.9 Å². The highest BCUT2D eigenvalue weighted by molar-refractivity contribution is 9.10. The molecule has 0 bridgehead atoms. The lowest BCUT2D eigenvalue weighted by molar-refractivity contribution is -0.154. The van der Waals surface area contributed by atoms with E-state index in [2.05, 4.69) is 20.9 Å². The fraction of sp³-hybridized carbons (Fsp3) is 0.346. The number of aromatic amines is 1. The molecule has 1 N–H and O–H groups in total. The fourth-order valence-electron chi connectivity index (χ4n) is 4.71. The summed E-state index contributed by atoms with van der Waals surface area (Å²) in [6.45, 7) is 0.440. The monoisotopic (exact) mass is 558 g/mol. The van der Waals surface area contributed by atoms with Gasteiger partial charge in [-0.05, 0) is 60.2 Å². The highest BCUT2D eigenvalue weighted by atomic mass is 79.9. The second kappa shape index (κ2) is 9.66. The molecule has 2 atom stereocenters. The van der Waals surface area contributed by atoms with E-state index in [1.165, 1.54) is 12.0 Å². The Balaban J connectivity index is 1.59. The van der Waals surface area contributed by atoms with E-state index >= 15 is 0 Å². The number of H-pyrrole nitrogens is 1. The van der Waals surface area contributed by atoms with Gasteiger partial charge in [-0.25, -0.2) is 9.59 Å². The van der Waals surface area contributed by atoms with Gasteiger partial charge >= 0.3 is 11.9 Å². The van der Waals surface area contributed by atoms with Crippen LogP contribution in [-0.4, -0.2) is 53.4 Å². The quantitative estimate of drug-likeness (QED) is 0.348. The third-order valence-corrected chi connectivity index (χ3v) is 7.39. The van der Waals surface area contributed by atoms with Crippen molar-refractivity contribution in [2.24, 2.45) is 5.92 Å². The van der Waals surface area contributed by atoms with Crippen LogP contribution < -0.4 is 0 Å². The molecule has 2 heterocycles. The van der Waals surface area contributed by atoms with Crippen LogP contribution in [0, 0.1) is 5.92 Å². The van der Waals surface area contributed by atoms with Crippen molar-refractivity contribution in [2.75, 3.05) is 19.6 Å². The van der Waals surface area contributed by atoms with Crippen LogP contribution in [0.4, 0.5) is 0 Å². The topological polar surface area (TPSA) is 88.7 Å². The number of fused-ring (bicyclic) bond motifs is 3.